The van der Waals surface area contributed by atoms with E-state index in [2.05, 4.69) is 22.1 Å². The van der Waals surface area contributed by atoms with Crippen LogP contribution >= 0.6 is 0 Å². The second-order valence-corrected chi connectivity index (χ2v) is 6.93. The molecule has 1 aromatic heterocycles. The molecule has 4 atom stereocenters. The van der Waals surface area contributed by atoms with Crippen LogP contribution in [0.15, 0.2) is 11.0 Å². The average molecular weight is 407 g/mol. The molecule has 3 N–H and O–H groups in total. The number of unbranched alkanes of at least 4 members (excludes halogenated alkanes) is 3. The number of aliphatic hydroxyl groups is 2. The van der Waals surface area contributed by atoms with Crippen LogP contribution in [-0.2, 0) is 9.47 Å². The van der Waals surface area contributed by atoms with Gasteiger partial charge in [-0.2, -0.15) is 4.98 Å². The molecule has 1 aromatic rings. The molecular weight excluding hydrogens is 378 g/mol. The Bertz CT molecular complexity index is 813. The minimum Gasteiger partial charge on any atom is -0.449 e. The molecule has 1 aliphatic rings. The topological polar surface area (TPSA) is 123 Å². The Kier molecular flexibility index (Phi) is 8.64. The molecule has 1 fully saturated rings. The van der Waals surface area contributed by atoms with Crippen molar-refractivity contribution in [2.24, 2.45) is 0 Å². The van der Waals surface area contributed by atoms with Crippen molar-refractivity contribution in [1.29, 1.82) is 0 Å². The molecule has 29 heavy (non-hydrogen) atoms. The SMILES string of the molecule is CCCC#Cc1cn([C@@H]2O[C@H](C)C(O)C2O)c(=O)nc1NC(=O)OCCCCC. The monoisotopic (exact) mass is 407 g/mol. The lowest BCUT2D eigenvalue weighted by atomic mass is 10.1. The number of ether oxygens (including phenoxy) is 2. The van der Waals surface area contributed by atoms with E-state index in [1.54, 1.807) is 6.92 Å². The highest BCUT2D eigenvalue weighted by molar-refractivity contribution is 5.84. The first-order valence-electron chi connectivity index (χ1n) is 9.96. The van der Waals surface area contributed by atoms with Crippen molar-refractivity contribution in [2.45, 2.75) is 77.4 Å². The second kappa shape index (κ2) is 11.0. The number of aliphatic hydroxyl groups excluding tert-OH is 2. The maximum Gasteiger partial charge on any atom is 0.412 e. The fraction of sp³-hybridized carbons (Fsp3) is 0.650. The first-order chi connectivity index (χ1) is 13.9. The summed E-state index contributed by atoms with van der Waals surface area (Å²) in [5.41, 5.74) is -0.467. The number of anilines is 1. The fourth-order valence-corrected chi connectivity index (χ4v) is 2.83. The van der Waals surface area contributed by atoms with E-state index < -0.39 is 36.3 Å². The highest BCUT2D eigenvalue weighted by Gasteiger charge is 2.42. The van der Waals surface area contributed by atoms with E-state index in [0.29, 0.717) is 6.42 Å². The van der Waals surface area contributed by atoms with Crippen LogP contribution < -0.4 is 11.0 Å². The molecule has 0 bridgehead atoms. The Balaban J connectivity index is 2.27. The van der Waals surface area contributed by atoms with Crippen LogP contribution in [0.5, 0.6) is 0 Å². The first kappa shape index (κ1) is 22.9. The quantitative estimate of drug-likeness (QED) is 0.465. The number of aromatic nitrogens is 2. The fourth-order valence-electron chi connectivity index (χ4n) is 2.83. The summed E-state index contributed by atoms with van der Waals surface area (Å²) >= 11 is 0. The van der Waals surface area contributed by atoms with Crippen molar-refractivity contribution >= 4 is 11.9 Å². The predicted molar refractivity (Wildman–Crippen MR) is 106 cm³/mol. The number of carbonyl (C=O) groups is 1. The minimum atomic E-state index is -1.29. The van der Waals surface area contributed by atoms with Gasteiger partial charge in [0.05, 0.1) is 18.3 Å². The Morgan fingerprint density at radius 2 is 2.07 bits per heavy atom. The number of hydrogen-bond acceptors (Lipinski definition) is 7. The van der Waals surface area contributed by atoms with E-state index >= 15 is 0 Å². The van der Waals surface area contributed by atoms with Gasteiger partial charge in [0.15, 0.2) is 12.0 Å². The summed E-state index contributed by atoms with van der Waals surface area (Å²) < 4.78 is 11.7. The smallest absolute Gasteiger partial charge is 0.412 e. The zero-order valence-corrected chi connectivity index (χ0v) is 17.1. The van der Waals surface area contributed by atoms with Gasteiger partial charge in [-0.25, -0.2) is 9.59 Å². The molecule has 0 radical (unpaired) electrons. The molecule has 0 spiro atoms. The van der Waals surface area contributed by atoms with Crippen molar-refractivity contribution < 1.29 is 24.5 Å². The first-order valence-corrected chi connectivity index (χ1v) is 9.96. The number of nitrogens with zero attached hydrogens (tertiary/aromatic N) is 2. The van der Waals surface area contributed by atoms with E-state index in [0.717, 1.165) is 30.3 Å². The summed E-state index contributed by atoms with van der Waals surface area (Å²) in [6, 6.07) is 0. The highest BCUT2D eigenvalue weighted by Crippen LogP contribution is 2.28. The summed E-state index contributed by atoms with van der Waals surface area (Å²) in [5, 5.41) is 22.6. The normalized spacial score (nSPS) is 23.3. The molecule has 9 heteroatoms. The van der Waals surface area contributed by atoms with Crippen LogP contribution in [-0.4, -0.2) is 50.8 Å². The molecule has 1 aliphatic heterocycles. The van der Waals surface area contributed by atoms with Gasteiger partial charge in [0.25, 0.3) is 0 Å². The summed E-state index contributed by atoms with van der Waals surface area (Å²) in [6.07, 6.45) is 0.658. The number of hydrogen-bond donors (Lipinski definition) is 3. The van der Waals surface area contributed by atoms with Gasteiger partial charge in [-0.1, -0.05) is 38.5 Å². The molecule has 1 saturated heterocycles. The van der Waals surface area contributed by atoms with Crippen LogP contribution in [0.4, 0.5) is 10.6 Å². The van der Waals surface area contributed by atoms with Crippen molar-refractivity contribution in [1.82, 2.24) is 9.55 Å². The van der Waals surface area contributed by atoms with Gasteiger partial charge in [0.1, 0.15) is 12.2 Å². The third-order valence-electron chi connectivity index (χ3n) is 4.50. The Morgan fingerprint density at radius 1 is 1.31 bits per heavy atom. The lowest BCUT2D eigenvalue weighted by Gasteiger charge is -2.18. The molecule has 0 aliphatic carbocycles. The number of rotatable bonds is 7. The van der Waals surface area contributed by atoms with E-state index in [1.165, 1.54) is 6.20 Å². The summed E-state index contributed by atoms with van der Waals surface area (Å²) in [6.45, 7) is 5.89. The molecule has 160 valence electrons. The van der Waals surface area contributed by atoms with Gasteiger partial charge in [-0.3, -0.25) is 9.88 Å². The average Bonchev–Trinajstić information content (AvgIpc) is 2.94. The van der Waals surface area contributed by atoms with Gasteiger partial charge in [0.2, 0.25) is 0 Å². The van der Waals surface area contributed by atoms with Crippen molar-refractivity contribution in [3.63, 3.8) is 0 Å². The van der Waals surface area contributed by atoms with E-state index in [-0.39, 0.29) is 18.0 Å². The molecule has 2 heterocycles. The Labute approximate surface area is 170 Å². The highest BCUT2D eigenvalue weighted by atomic mass is 16.6. The van der Waals surface area contributed by atoms with E-state index in [9.17, 15) is 19.8 Å². The largest absolute Gasteiger partial charge is 0.449 e. The van der Waals surface area contributed by atoms with Crippen LogP contribution in [0.1, 0.15) is 64.7 Å². The zero-order valence-electron chi connectivity index (χ0n) is 17.1. The maximum atomic E-state index is 12.5. The number of carbonyl (C=O) groups excluding carboxylic acids is 1. The van der Waals surface area contributed by atoms with Gasteiger partial charge >= 0.3 is 11.8 Å². The Hall–Kier alpha value is -2.41. The number of nitrogens with one attached hydrogen (secondary N) is 1. The predicted octanol–water partition coefficient (Wildman–Crippen LogP) is 1.77. The maximum absolute atomic E-state index is 12.5. The molecule has 2 unspecified atom stereocenters. The van der Waals surface area contributed by atoms with Crippen LogP contribution in [0.3, 0.4) is 0 Å². The lowest BCUT2D eigenvalue weighted by molar-refractivity contribution is -0.0350. The zero-order chi connectivity index (χ0) is 21.4. The van der Waals surface area contributed by atoms with Gasteiger partial charge in [-0.15, -0.1) is 0 Å². The molecule has 9 nitrogen and oxygen atoms in total. The van der Waals surface area contributed by atoms with Crippen molar-refractivity contribution in [3.8, 4) is 11.8 Å². The van der Waals surface area contributed by atoms with Crippen molar-refractivity contribution in [2.75, 3.05) is 11.9 Å². The minimum absolute atomic E-state index is 0.0172. The summed E-state index contributed by atoms with van der Waals surface area (Å²) in [5.74, 6) is 5.81. The van der Waals surface area contributed by atoms with Gasteiger partial charge in [-0.05, 0) is 19.8 Å². The molecule has 2 rings (SSSR count). The lowest BCUT2D eigenvalue weighted by Crippen LogP contribution is -2.36. The van der Waals surface area contributed by atoms with Gasteiger partial charge < -0.3 is 19.7 Å². The summed E-state index contributed by atoms with van der Waals surface area (Å²) in [7, 11) is 0. The van der Waals surface area contributed by atoms with Crippen LogP contribution in [0.25, 0.3) is 0 Å². The Morgan fingerprint density at radius 3 is 2.69 bits per heavy atom. The van der Waals surface area contributed by atoms with E-state index in [4.69, 9.17) is 9.47 Å². The molecule has 0 saturated carbocycles. The van der Waals surface area contributed by atoms with Crippen LogP contribution in [0, 0.1) is 11.8 Å². The summed E-state index contributed by atoms with van der Waals surface area (Å²) in [4.78, 5) is 28.4. The number of amides is 1. The molecular formula is C20H29N3O6. The second-order valence-electron chi connectivity index (χ2n) is 6.93. The van der Waals surface area contributed by atoms with Gasteiger partial charge in [0, 0.05) is 12.6 Å². The third kappa shape index (κ3) is 6.03. The molecule has 1 amide bonds. The standard InChI is InChI=1S/C20H29N3O6/c1-4-6-8-10-14-12-23(18-16(25)15(24)13(3)29-18)19(26)21-17(14)22-20(27)28-11-9-7-5-2/h12-13,15-16,18,24-25H,4-7,9,11H2,1-3H3,(H,21,22,26,27)/t13-,15?,16?,18-/m1/s1. The van der Waals surface area contributed by atoms with E-state index in [1.807, 2.05) is 13.8 Å². The third-order valence-corrected chi connectivity index (χ3v) is 4.50. The molecule has 0 aromatic carbocycles. The van der Waals surface area contributed by atoms with Crippen molar-refractivity contribution in [3.05, 3.63) is 22.2 Å². The van der Waals surface area contributed by atoms with Crippen LogP contribution in [0.2, 0.25) is 0 Å².